The van der Waals surface area contributed by atoms with Crippen molar-refractivity contribution < 1.29 is 4.39 Å². The van der Waals surface area contributed by atoms with Crippen molar-refractivity contribution in [1.29, 1.82) is 0 Å². The number of hydrogen-bond acceptors (Lipinski definition) is 2. The molecule has 3 heteroatoms. The maximum atomic E-state index is 13.5. The molecule has 0 saturated heterocycles. The van der Waals surface area contributed by atoms with Crippen LogP contribution in [0.5, 0.6) is 0 Å². The molecule has 0 fully saturated rings. The third kappa shape index (κ3) is 3.03. The molecule has 0 aliphatic heterocycles. The highest BCUT2D eigenvalue weighted by Crippen LogP contribution is 2.19. The summed E-state index contributed by atoms with van der Waals surface area (Å²) >= 11 is 0. The van der Waals surface area contributed by atoms with Crippen molar-refractivity contribution >= 4 is 5.69 Å². The smallest absolute Gasteiger partial charge is 0.138 e. The predicted octanol–water partition coefficient (Wildman–Crippen LogP) is 1.84. The van der Waals surface area contributed by atoms with Gasteiger partial charge in [0.2, 0.25) is 0 Å². The van der Waals surface area contributed by atoms with E-state index in [4.69, 9.17) is 5.73 Å². The van der Waals surface area contributed by atoms with Crippen LogP contribution >= 0.6 is 0 Å². The van der Waals surface area contributed by atoms with Crippen LogP contribution in [0.3, 0.4) is 0 Å². The first kappa shape index (κ1) is 9.99. The Morgan fingerprint density at radius 2 is 2.15 bits per heavy atom. The molecule has 0 aromatic heterocycles. The second kappa shape index (κ2) is 4.23. The third-order valence-electron chi connectivity index (χ3n) is 1.80. The number of likely N-dealkylation sites (N-methyl/N-ethyl adjacent to an activating group) is 1. The Hall–Kier alpha value is -1.09. The van der Waals surface area contributed by atoms with Gasteiger partial charge in [-0.15, -0.1) is 0 Å². The summed E-state index contributed by atoms with van der Waals surface area (Å²) in [6, 6.07) is 6.96. The van der Waals surface area contributed by atoms with E-state index in [-0.39, 0.29) is 0 Å². The predicted molar refractivity (Wildman–Crippen MR) is 53.3 cm³/mol. The van der Waals surface area contributed by atoms with Gasteiger partial charge in [-0.1, -0.05) is 12.1 Å². The van der Waals surface area contributed by atoms with Crippen molar-refractivity contribution in [1.82, 2.24) is 4.90 Å². The molecule has 0 heterocycles. The Bertz CT molecular complexity index is 273. The zero-order valence-corrected chi connectivity index (χ0v) is 8.00. The molecular formula is C10H15FN2. The number of nitrogens with two attached hydrogens (primary N) is 1. The minimum atomic E-state index is -0.960. The van der Waals surface area contributed by atoms with E-state index in [0.717, 1.165) is 0 Å². The number of nitrogen functional groups attached to an aromatic ring is 1. The van der Waals surface area contributed by atoms with Crippen LogP contribution in [0.15, 0.2) is 24.3 Å². The van der Waals surface area contributed by atoms with E-state index < -0.39 is 6.17 Å². The zero-order chi connectivity index (χ0) is 9.84. The van der Waals surface area contributed by atoms with Crippen LogP contribution in [0, 0.1) is 0 Å². The fourth-order valence-corrected chi connectivity index (χ4v) is 1.18. The average molecular weight is 182 g/mol. The number of anilines is 1. The summed E-state index contributed by atoms with van der Waals surface area (Å²) < 4.78 is 13.5. The number of hydrogen-bond donors (Lipinski definition) is 1. The molecule has 1 atom stereocenters. The Labute approximate surface area is 78.2 Å². The quantitative estimate of drug-likeness (QED) is 0.723. The molecule has 0 amide bonds. The van der Waals surface area contributed by atoms with Crippen LogP contribution in [0.4, 0.5) is 10.1 Å². The van der Waals surface area contributed by atoms with Gasteiger partial charge in [-0.2, -0.15) is 0 Å². The van der Waals surface area contributed by atoms with E-state index in [1.807, 2.05) is 19.0 Å². The van der Waals surface area contributed by atoms with Gasteiger partial charge in [-0.05, 0) is 31.8 Å². The summed E-state index contributed by atoms with van der Waals surface area (Å²) in [5.41, 5.74) is 6.80. The van der Waals surface area contributed by atoms with Gasteiger partial charge in [0, 0.05) is 12.2 Å². The minimum absolute atomic E-state index is 0.392. The normalized spacial score (nSPS) is 13.2. The number of benzene rings is 1. The number of alkyl halides is 1. The maximum Gasteiger partial charge on any atom is 0.138 e. The Kier molecular flexibility index (Phi) is 3.25. The fourth-order valence-electron chi connectivity index (χ4n) is 1.18. The third-order valence-corrected chi connectivity index (χ3v) is 1.80. The molecule has 1 unspecified atom stereocenters. The van der Waals surface area contributed by atoms with Crippen LogP contribution in [0.25, 0.3) is 0 Å². The molecule has 1 aromatic carbocycles. The molecule has 1 rings (SSSR count). The number of rotatable bonds is 3. The highest BCUT2D eigenvalue weighted by atomic mass is 19.1. The second-order valence-corrected chi connectivity index (χ2v) is 3.40. The lowest BCUT2D eigenvalue weighted by Crippen LogP contribution is -2.17. The number of nitrogens with zero attached hydrogens (tertiary/aromatic N) is 1. The SMILES string of the molecule is CN(C)CC(F)c1cccc(N)c1. The molecule has 0 saturated carbocycles. The van der Waals surface area contributed by atoms with E-state index in [0.29, 0.717) is 17.8 Å². The van der Waals surface area contributed by atoms with Gasteiger partial charge in [0.25, 0.3) is 0 Å². The Balaban J connectivity index is 2.71. The van der Waals surface area contributed by atoms with Gasteiger partial charge >= 0.3 is 0 Å². The van der Waals surface area contributed by atoms with Crippen molar-refractivity contribution in [3.05, 3.63) is 29.8 Å². The monoisotopic (exact) mass is 182 g/mol. The molecule has 2 N–H and O–H groups in total. The highest BCUT2D eigenvalue weighted by Gasteiger charge is 2.10. The zero-order valence-electron chi connectivity index (χ0n) is 8.00. The molecule has 2 nitrogen and oxygen atoms in total. The van der Waals surface area contributed by atoms with Crippen LogP contribution in [0.2, 0.25) is 0 Å². The van der Waals surface area contributed by atoms with Crippen molar-refractivity contribution in [2.45, 2.75) is 6.17 Å². The molecule has 0 spiro atoms. The van der Waals surface area contributed by atoms with Gasteiger partial charge in [0.15, 0.2) is 0 Å². The highest BCUT2D eigenvalue weighted by molar-refractivity contribution is 5.41. The van der Waals surface area contributed by atoms with E-state index in [1.54, 1.807) is 24.3 Å². The molecule has 72 valence electrons. The summed E-state index contributed by atoms with van der Waals surface area (Å²) in [4.78, 5) is 1.81. The minimum Gasteiger partial charge on any atom is -0.399 e. The van der Waals surface area contributed by atoms with Crippen LogP contribution in [-0.2, 0) is 0 Å². The van der Waals surface area contributed by atoms with Crippen LogP contribution in [-0.4, -0.2) is 25.5 Å². The van der Waals surface area contributed by atoms with Crippen molar-refractivity contribution in [3.63, 3.8) is 0 Å². The molecular weight excluding hydrogens is 167 g/mol. The lowest BCUT2D eigenvalue weighted by atomic mass is 10.1. The summed E-state index contributed by atoms with van der Waals surface area (Å²) in [5, 5.41) is 0. The summed E-state index contributed by atoms with van der Waals surface area (Å²) in [7, 11) is 3.69. The van der Waals surface area contributed by atoms with E-state index >= 15 is 0 Å². The first-order valence-electron chi connectivity index (χ1n) is 4.24. The largest absolute Gasteiger partial charge is 0.399 e. The Morgan fingerprint density at radius 1 is 1.46 bits per heavy atom. The average Bonchev–Trinajstić information content (AvgIpc) is 2.03. The lowest BCUT2D eigenvalue weighted by molar-refractivity contribution is 0.251. The van der Waals surface area contributed by atoms with Crippen molar-refractivity contribution in [2.24, 2.45) is 0 Å². The molecule has 0 aliphatic rings. The first-order chi connectivity index (χ1) is 6.09. The lowest BCUT2D eigenvalue weighted by Gasteiger charge is -2.14. The van der Waals surface area contributed by atoms with Gasteiger partial charge in [-0.3, -0.25) is 0 Å². The van der Waals surface area contributed by atoms with E-state index in [1.165, 1.54) is 0 Å². The van der Waals surface area contributed by atoms with E-state index in [2.05, 4.69) is 0 Å². The molecule has 0 aliphatic carbocycles. The molecule has 0 bridgehead atoms. The standard InChI is InChI=1S/C10H15FN2/c1-13(2)7-10(11)8-4-3-5-9(12)6-8/h3-6,10H,7,12H2,1-2H3. The van der Waals surface area contributed by atoms with Crippen molar-refractivity contribution in [3.8, 4) is 0 Å². The molecule has 0 radical (unpaired) electrons. The van der Waals surface area contributed by atoms with Crippen LogP contribution < -0.4 is 5.73 Å². The summed E-state index contributed by atoms with van der Waals surface area (Å²) in [6.45, 7) is 0.392. The molecule has 1 aromatic rings. The molecule has 13 heavy (non-hydrogen) atoms. The van der Waals surface area contributed by atoms with E-state index in [9.17, 15) is 4.39 Å². The van der Waals surface area contributed by atoms with Gasteiger partial charge in [0.05, 0.1) is 0 Å². The Morgan fingerprint density at radius 3 is 2.69 bits per heavy atom. The second-order valence-electron chi connectivity index (χ2n) is 3.40. The van der Waals surface area contributed by atoms with Crippen LogP contribution in [0.1, 0.15) is 11.7 Å². The maximum absolute atomic E-state index is 13.5. The van der Waals surface area contributed by atoms with Gasteiger partial charge in [0.1, 0.15) is 6.17 Å². The summed E-state index contributed by atoms with van der Waals surface area (Å²) in [5.74, 6) is 0. The van der Waals surface area contributed by atoms with Gasteiger partial charge < -0.3 is 10.6 Å². The first-order valence-corrected chi connectivity index (χ1v) is 4.24. The number of halogens is 1. The summed E-state index contributed by atoms with van der Waals surface area (Å²) in [6.07, 6.45) is -0.960. The fraction of sp³-hybridized carbons (Fsp3) is 0.400. The topological polar surface area (TPSA) is 29.3 Å². The van der Waals surface area contributed by atoms with Crippen molar-refractivity contribution in [2.75, 3.05) is 26.4 Å². The van der Waals surface area contributed by atoms with Gasteiger partial charge in [-0.25, -0.2) is 4.39 Å².